The molecule has 3 aromatic carbocycles. The summed E-state index contributed by atoms with van der Waals surface area (Å²) in [6.45, 7) is 37.9. The maximum absolute atomic E-state index is 10.5. The molecule has 1 aliphatic rings. The molecule has 42 heavy (non-hydrogen) atoms. The smallest absolute Gasteiger partial charge is 0.201 e. The summed E-state index contributed by atoms with van der Waals surface area (Å²) in [5, 5.41) is 40.4. The zero-order valence-corrected chi connectivity index (χ0v) is 20.5. The Morgan fingerprint density at radius 3 is 1.29 bits per heavy atom. The fraction of sp³-hybridized carbons (Fsp3) is 0. The first kappa shape index (κ1) is 17.7. The van der Waals surface area contributed by atoms with E-state index < -0.39 is 139 Å². The topological polar surface area (TPSA) is 117 Å². The molecule has 0 radical (unpaired) electrons. The highest BCUT2D eigenvalue weighted by molar-refractivity contribution is 6.11. The lowest BCUT2D eigenvalue weighted by Gasteiger charge is -2.02. The van der Waals surface area contributed by atoms with Crippen LogP contribution in [0.4, 0.5) is 22.7 Å². The summed E-state index contributed by atoms with van der Waals surface area (Å²) in [6, 6.07) is -0.984. The van der Waals surface area contributed by atoms with Crippen LogP contribution < -0.4 is 0 Å². The Morgan fingerprint density at radius 2 is 0.905 bits per heavy atom. The van der Waals surface area contributed by atoms with E-state index in [0.717, 1.165) is 0 Å². The molecule has 1 aliphatic carbocycles. The molecule has 0 unspecified atom stereocenters. The third-order valence-corrected chi connectivity index (χ3v) is 5.36. The summed E-state index contributed by atoms with van der Waals surface area (Å²) in [5.74, 6) is 0. The number of allylic oxidation sites excluding steroid dienone is 5. The molecule has 0 bridgehead atoms. The van der Waals surface area contributed by atoms with E-state index in [0.29, 0.717) is 0 Å². The van der Waals surface area contributed by atoms with Gasteiger partial charge >= 0.3 is 0 Å². The standard InChI is InChI=1S/C33H9N9/c1-38-24-8-19(15-34)6-21(10-24)28(17-36)30-31(29(18-37)22-11-26(40-3)14-27(12-22)41-4)32(30)33(42-5)23-7-20(16-35)9-25(13-23)39-2/h6-14H/b30-28+,31-29-,33-32-/i6D,7D,8D,9D,10D,11D,12D,13D,14D. The highest BCUT2D eigenvalue weighted by Crippen LogP contribution is 2.56. The van der Waals surface area contributed by atoms with Crippen molar-refractivity contribution in [2.45, 2.75) is 0 Å². The van der Waals surface area contributed by atoms with Gasteiger partial charge in [-0.1, -0.05) is 30.2 Å². The first-order valence-electron chi connectivity index (χ1n) is 15.4. The Hall–Kier alpha value is -7.71. The summed E-state index contributed by atoms with van der Waals surface area (Å²) in [4.78, 5) is 15.7. The van der Waals surface area contributed by atoms with Crippen LogP contribution in [0.15, 0.2) is 71.1 Å². The first-order valence-corrected chi connectivity index (χ1v) is 10.9. The van der Waals surface area contributed by atoms with Crippen molar-refractivity contribution in [3.8, 4) is 24.3 Å². The second kappa shape index (κ2) is 11.4. The van der Waals surface area contributed by atoms with Gasteiger partial charge in [0.15, 0.2) is 22.7 Å². The normalized spacial score (nSPS) is 17.4. The van der Waals surface area contributed by atoms with E-state index in [1.807, 2.05) is 0 Å². The maximum Gasteiger partial charge on any atom is 0.201 e. The number of nitriles is 4. The van der Waals surface area contributed by atoms with Crippen molar-refractivity contribution in [3.05, 3.63) is 156 Å². The fourth-order valence-corrected chi connectivity index (χ4v) is 3.69. The summed E-state index contributed by atoms with van der Waals surface area (Å²) in [7, 11) is 0. The molecule has 4 rings (SSSR count). The van der Waals surface area contributed by atoms with Gasteiger partial charge in [0.05, 0.1) is 61.6 Å². The van der Waals surface area contributed by atoms with Gasteiger partial charge in [-0.25, -0.2) is 24.2 Å². The highest BCUT2D eigenvalue weighted by atomic mass is 14.7. The fourth-order valence-electron chi connectivity index (χ4n) is 3.69. The Kier molecular flexibility index (Phi) is 4.79. The van der Waals surface area contributed by atoms with Gasteiger partial charge in [0.25, 0.3) is 0 Å². The van der Waals surface area contributed by atoms with Crippen molar-refractivity contribution in [3.63, 3.8) is 0 Å². The zero-order chi connectivity index (χ0) is 38.2. The van der Waals surface area contributed by atoms with Crippen LogP contribution in [0.2, 0.25) is 0 Å². The minimum atomic E-state index is -0.869. The predicted octanol–water partition coefficient (Wildman–Crippen LogP) is 8.23. The second-order valence-corrected chi connectivity index (χ2v) is 7.62. The van der Waals surface area contributed by atoms with Crippen molar-refractivity contribution in [1.82, 2.24) is 0 Å². The molecule has 0 aromatic heterocycles. The molecule has 0 heterocycles. The molecule has 0 atom stereocenters. The third kappa shape index (κ3) is 4.90. The molecule has 0 aliphatic heterocycles. The molecular formula is C33H9N9. The third-order valence-electron chi connectivity index (χ3n) is 5.36. The number of nitrogens with zero attached hydrogens (tertiary/aromatic N) is 9. The van der Waals surface area contributed by atoms with Crippen LogP contribution >= 0.6 is 0 Å². The van der Waals surface area contributed by atoms with Crippen molar-refractivity contribution in [1.29, 1.82) is 21.0 Å². The molecule has 1 fully saturated rings. The Labute approximate surface area is 253 Å². The Bertz CT molecular complexity index is 2300. The lowest BCUT2D eigenvalue weighted by molar-refractivity contribution is 1.47. The van der Waals surface area contributed by atoms with E-state index in [2.05, 4.69) is 24.2 Å². The number of rotatable bonds is 3. The number of hydrogen-bond donors (Lipinski definition) is 0. The molecule has 186 valence electrons. The summed E-state index contributed by atoms with van der Waals surface area (Å²) in [5.41, 5.74) is -10.2. The first-order chi connectivity index (χ1) is 24.2. The molecule has 0 saturated heterocycles. The summed E-state index contributed by atoms with van der Waals surface area (Å²) >= 11 is 0. The molecule has 0 N–H and O–H groups in total. The van der Waals surface area contributed by atoms with Gasteiger partial charge in [0.1, 0.15) is 12.1 Å². The number of benzene rings is 3. The van der Waals surface area contributed by atoms with Crippen molar-refractivity contribution < 1.29 is 12.3 Å². The van der Waals surface area contributed by atoms with Crippen LogP contribution in [0.1, 0.15) is 40.2 Å². The van der Waals surface area contributed by atoms with Crippen molar-refractivity contribution >= 4 is 39.6 Å². The average Bonchev–Trinajstić information content (AvgIpc) is 3.81. The van der Waals surface area contributed by atoms with Crippen molar-refractivity contribution in [2.75, 3.05) is 0 Å². The Morgan fingerprint density at radius 1 is 0.524 bits per heavy atom. The van der Waals surface area contributed by atoms with Gasteiger partial charge in [-0.15, -0.1) is 0 Å². The molecule has 0 spiro atoms. The molecule has 1 saturated carbocycles. The van der Waals surface area contributed by atoms with Gasteiger partial charge in [-0.05, 0) is 57.6 Å². The van der Waals surface area contributed by atoms with E-state index in [1.165, 1.54) is 0 Å². The van der Waals surface area contributed by atoms with Gasteiger partial charge in [0, 0.05) is 18.0 Å². The minimum absolute atomic E-state index is 0.486. The van der Waals surface area contributed by atoms with Gasteiger partial charge in [-0.3, -0.25) is 0 Å². The quantitative estimate of drug-likeness (QED) is 0.246. The SMILES string of the molecule is [2H]c1c(C#N)c([2H])c(/C(C#N)=C2/C(=C(/[N+]#[C-])c3c([2H])c(C#N)c([2H])c([N+]#[C-])c3[2H])/C2=C(/C#N)c2c([2H])c([N+]#[C-])c([2H])c([N+]#[C-])c2[2H])c([2H])c1[N+]#[C-]. The minimum Gasteiger partial charge on any atom is -0.239 e. The number of hydrogen-bond acceptors (Lipinski definition) is 4. The van der Waals surface area contributed by atoms with Gasteiger partial charge < -0.3 is 0 Å². The largest absolute Gasteiger partial charge is 0.239 e. The molecule has 9 nitrogen and oxygen atoms in total. The predicted molar refractivity (Wildman–Crippen MR) is 152 cm³/mol. The van der Waals surface area contributed by atoms with Crippen LogP contribution in [0, 0.1) is 78.2 Å². The van der Waals surface area contributed by atoms with Crippen LogP contribution in [0.25, 0.3) is 41.1 Å². The molecule has 0 amide bonds. The van der Waals surface area contributed by atoms with Crippen LogP contribution in [-0.4, -0.2) is 0 Å². The van der Waals surface area contributed by atoms with E-state index in [4.69, 9.17) is 45.2 Å². The van der Waals surface area contributed by atoms with Crippen molar-refractivity contribution in [2.24, 2.45) is 0 Å². The zero-order valence-electron chi connectivity index (χ0n) is 29.5. The molecule has 9 heteroatoms. The van der Waals surface area contributed by atoms with Crippen LogP contribution in [0.5, 0.6) is 0 Å². The van der Waals surface area contributed by atoms with Crippen LogP contribution in [-0.2, 0) is 0 Å². The van der Waals surface area contributed by atoms with E-state index >= 15 is 0 Å². The average molecular weight is 541 g/mol. The Balaban J connectivity index is 2.46. The van der Waals surface area contributed by atoms with E-state index in [9.17, 15) is 21.0 Å². The molecular weight excluding hydrogens is 522 g/mol. The monoisotopic (exact) mass is 540 g/mol. The van der Waals surface area contributed by atoms with Gasteiger partial charge in [-0.2, -0.15) is 21.0 Å². The van der Waals surface area contributed by atoms with Crippen LogP contribution in [0.3, 0.4) is 0 Å². The summed E-state index contributed by atoms with van der Waals surface area (Å²) in [6.07, 6.45) is 0. The molecule has 3 aromatic rings. The lowest BCUT2D eigenvalue weighted by atomic mass is 10.0. The van der Waals surface area contributed by atoms with Gasteiger partial charge in [0.2, 0.25) is 5.70 Å². The second-order valence-electron chi connectivity index (χ2n) is 7.62. The maximum atomic E-state index is 10.5. The highest BCUT2D eigenvalue weighted by Gasteiger charge is 2.41. The summed E-state index contributed by atoms with van der Waals surface area (Å²) < 4.78 is 76.1. The van der Waals surface area contributed by atoms with E-state index in [-0.39, 0.29) is 0 Å². The van der Waals surface area contributed by atoms with E-state index in [1.54, 1.807) is 24.3 Å². The lowest BCUT2D eigenvalue weighted by Crippen LogP contribution is -1.85.